The summed E-state index contributed by atoms with van der Waals surface area (Å²) in [7, 11) is 1.92. The molecule has 0 bridgehead atoms. The van der Waals surface area contributed by atoms with Crippen molar-refractivity contribution in [3.05, 3.63) is 23.8 Å². The molecule has 0 aromatic heterocycles. The molecular formula is C10H12N2OS. The first-order chi connectivity index (χ1) is 6.79. The van der Waals surface area contributed by atoms with Crippen molar-refractivity contribution in [3.63, 3.8) is 0 Å². The lowest BCUT2D eigenvalue weighted by molar-refractivity contribution is -0.113. The Morgan fingerprint density at radius 2 is 2.43 bits per heavy atom. The summed E-state index contributed by atoms with van der Waals surface area (Å²) in [6, 6.07) is 6.11. The van der Waals surface area contributed by atoms with Crippen LogP contribution in [0.1, 0.15) is 5.56 Å². The van der Waals surface area contributed by atoms with Gasteiger partial charge in [-0.25, -0.2) is 0 Å². The number of nitrogens with one attached hydrogen (secondary N) is 2. The van der Waals surface area contributed by atoms with Crippen LogP contribution >= 0.6 is 11.8 Å². The van der Waals surface area contributed by atoms with Gasteiger partial charge in [-0.1, -0.05) is 6.07 Å². The third-order valence-electron chi connectivity index (χ3n) is 2.06. The van der Waals surface area contributed by atoms with Crippen LogP contribution in [-0.4, -0.2) is 18.7 Å². The molecule has 0 radical (unpaired) electrons. The predicted octanol–water partition coefficient (Wildman–Crippen LogP) is 1.45. The molecule has 1 heterocycles. The van der Waals surface area contributed by atoms with E-state index in [1.54, 1.807) is 11.8 Å². The van der Waals surface area contributed by atoms with E-state index >= 15 is 0 Å². The second-order valence-corrected chi connectivity index (χ2v) is 4.21. The molecule has 3 nitrogen and oxygen atoms in total. The highest BCUT2D eigenvalue weighted by atomic mass is 32.2. The van der Waals surface area contributed by atoms with Gasteiger partial charge in [0.1, 0.15) is 0 Å². The minimum atomic E-state index is 0.0869. The molecule has 1 aliphatic heterocycles. The molecule has 4 heteroatoms. The van der Waals surface area contributed by atoms with Crippen LogP contribution < -0.4 is 10.6 Å². The fourth-order valence-electron chi connectivity index (χ4n) is 1.43. The normalized spacial score (nSPS) is 14.8. The van der Waals surface area contributed by atoms with Gasteiger partial charge in [-0.05, 0) is 24.7 Å². The Kier molecular flexibility index (Phi) is 2.74. The number of carbonyl (C=O) groups excluding carboxylic acids is 1. The van der Waals surface area contributed by atoms with Gasteiger partial charge in [0, 0.05) is 11.4 Å². The first-order valence-electron chi connectivity index (χ1n) is 4.50. The van der Waals surface area contributed by atoms with Crippen LogP contribution in [-0.2, 0) is 11.3 Å². The molecule has 0 saturated heterocycles. The van der Waals surface area contributed by atoms with Gasteiger partial charge in [0.15, 0.2) is 0 Å². The Morgan fingerprint density at radius 3 is 3.21 bits per heavy atom. The maximum absolute atomic E-state index is 11.1. The average Bonchev–Trinajstić information content (AvgIpc) is 2.19. The van der Waals surface area contributed by atoms with Crippen molar-refractivity contribution >= 4 is 23.4 Å². The van der Waals surface area contributed by atoms with Crippen LogP contribution in [0.5, 0.6) is 0 Å². The van der Waals surface area contributed by atoms with E-state index in [-0.39, 0.29) is 5.91 Å². The van der Waals surface area contributed by atoms with Gasteiger partial charge in [0.2, 0.25) is 5.91 Å². The summed E-state index contributed by atoms with van der Waals surface area (Å²) in [4.78, 5) is 12.3. The minimum Gasteiger partial charge on any atom is -0.324 e. The standard InChI is InChI=1S/C10H12N2OS/c1-11-5-7-2-3-8-9(4-7)14-6-10(13)12-8/h2-4,11H,5-6H2,1H3,(H,12,13). The summed E-state index contributed by atoms with van der Waals surface area (Å²) >= 11 is 1.60. The van der Waals surface area contributed by atoms with Crippen LogP contribution in [0.4, 0.5) is 5.69 Å². The molecule has 2 N–H and O–H groups in total. The van der Waals surface area contributed by atoms with Crippen LogP contribution in [0.25, 0.3) is 0 Å². The Hall–Kier alpha value is -1.00. The van der Waals surface area contributed by atoms with Gasteiger partial charge < -0.3 is 10.6 Å². The quantitative estimate of drug-likeness (QED) is 0.773. The van der Waals surface area contributed by atoms with Crippen LogP contribution in [0.3, 0.4) is 0 Å². The number of benzene rings is 1. The van der Waals surface area contributed by atoms with Gasteiger partial charge in [0.05, 0.1) is 11.4 Å². The van der Waals surface area contributed by atoms with Crippen molar-refractivity contribution in [2.75, 3.05) is 18.1 Å². The third kappa shape index (κ3) is 1.91. The molecule has 0 spiro atoms. The van der Waals surface area contributed by atoms with E-state index in [1.807, 2.05) is 19.2 Å². The largest absolute Gasteiger partial charge is 0.324 e. The molecule has 0 atom stereocenters. The molecule has 14 heavy (non-hydrogen) atoms. The van der Waals surface area contributed by atoms with E-state index in [0.29, 0.717) is 5.75 Å². The number of rotatable bonds is 2. The molecule has 1 amide bonds. The summed E-state index contributed by atoms with van der Waals surface area (Å²) in [6.07, 6.45) is 0. The average molecular weight is 208 g/mol. The number of amides is 1. The fraction of sp³-hybridized carbons (Fsp3) is 0.300. The zero-order valence-corrected chi connectivity index (χ0v) is 8.78. The van der Waals surface area contributed by atoms with Gasteiger partial charge in [0.25, 0.3) is 0 Å². The van der Waals surface area contributed by atoms with Crippen molar-refractivity contribution in [1.82, 2.24) is 5.32 Å². The molecule has 1 aromatic carbocycles. The van der Waals surface area contributed by atoms with E-state index in [1.165, 1.54) is 5.56 Å². The van der Waals surface area contributed by atoms with Crippen LogP contribution in [0.2, 0.25) is 0 Å². The van der Waals surface area contributed by atoms with Gasteiger partial charge in [-0.15, -0.1) is 11.8 Å². The zero-order chi connectivity index (χ0) is 9.97. The summed E-state index contributed by atoms with van der Waals surface area (Å²) in [6.45, 7) is 0.863. The molecular weight excluding hydrogens is 196 g/mol. The lowest BCUT2D eigenvalue weighted by atomic mass is 10.2. The highest BCUT2D eigenvalue weighted by Crippen LogP contribution is 2.31. The Morgan fingerprint density at radius 1 is 1.57 bits per heavy atom. The zero-order valence-electron chi connectivity index (χ0n) is 7.96. The van der Waals surface area contributed by atoms with Crippen LogP contribution in [0.15, 0.2) is 23.1 Å². The van der Waals surface area contributed by atoms with Crippen molar-refractivity contribution < 1.29 is 4.79 Å². The molecule has 1 aromatic rings. The molecule has 0 unspecified atom stereocenters. The fourth-order valence-corrected chi connectivity index (χ4v) is 2.30. The molecule has 0 saturated carbocycles. The third-order valence-corrected chi connectivity index (χ3v) is 3.12. The number of hydrogen-bond donors (Lipinski definition) is 2. The summed E-state index contributed by atoms with van der Waals surface area (Å²) in [5.74, 6) is 0.611. The van der Waals surface area contributed by atoms with Gasteiger partial charge >= 0.3 is 0 Å². The van der Waals surface area contributed by atoms with Gasteiger partial charge in [-0.2, -0.15) is 0 Å². The first-order valence-corrected chi connectivity index (χ1v) is 5.48. The van der Waals surface area contributed by atoms with Gasteiger partial charge in [-0.3, -0.25) is 4.79 Å². The van der Waals surface area contributed by atoms with E-state index in [4.69, 9.17) is 0 Å². The number of carbonyl (C=O) groups is 1. The predicted molar refractivity (Wildman–Crippen MR) is 58.6 cm³/mol. The summed E-state index contributed by atoms with van der Waals surface area (Å²) in [5.41, 5.74) is 2.18. The van der Waals surface area contributed by atoms with Crippen molar-refractivity contribution in [2.24, 2.45) is 0 Å². The number of anilines is 1. The van der Waals surface area contributed by atoms with Crippen molar-refractivity contribution in [3.8, 4) is 0 Å². The highest BCUT2D eigenvalue weighted by molar-refractivity contribution is 8.00. The molecule has 0 aliphatic carbocycles. The molecule has 74 valence electrons. The maximum atomic E-state index is 11.1. The van der Waals surface area contributed by atoms with E-state index < -0.39 is 0 Å². The van der Waals surface area contributed by atoms with Crippen molar-refractivity contribution in [2.45, 2.75) is 11.4 Å². The SMILES string of the molecule is CNCc1ccc2c(c1)SCC(=O)N2. The molecule has 0 fully saturated rings. The van der Waals surface area contributed by atoms with Crippen molar-refractivity contribution in [1.29, 1.82) is 0 Å². The Balaban J connectivity index is 2.26. The summed E-state index contributed by atoms with van der Waals surface area (Å²) < 4.78 is 0. The van der Waals surface area contributed by atoms with E-state index in [2.05, 4.69) is 16.7 Å². The lowest BCUT2D eigenvalue weighted by Gasteiger charge is -2.16. The van der Waals surface area contributed by atoms with Crippen LogP contribution in [0, 0.1) is 0 Å². The van der Waals surface area contributed by atoms with E-state index in [0.717, 1.165) is 17.1 Å². The topological polar surface area (TPSA) is 41.1 Å². The number of fused-ring (bicyclic) bond motifs is 1. The lowest BCUT2D eigenvalue weighted by Crippen LogP contribution is -2.18. The first kappa shape index (κ1) is 9.55. The minimum absolute atomic E-state index is 0.0869. The smallest absolute Gasteiger partial charge is 0.234 e. The second-order valence-electron chi connectivity index (χ2n) is 3.20. The second kappa shape index (κ2) is 4.02. The maximum Gasteiger partial charge on any atom is 0.234 e. The van der Waals surface area contributed by atoms with E-state index in [9.17, 15) is 4.79 Å². The monoisotopic (exact) mass is 208 g/mol. The molecule has 1 aliphatic rings. The number of thioether (sulfide) groups is 1. The Labute approximate surface area is 87.3 Å². The summed E-state index contributed by atoms with van der Waals surface area (Å²) in [5, 5.41) is 5.95. The highest BCUT2D eigenvalue weighted by Gasteiger charge is 2.14. The molecule has 2 rings (SSSR count). The number of hydrogen-bond acceptors (Lipinski definition) is 3. The Bertz CT molecular complexity index is 365.